The van der Waals surface area contributed by atoms with Gasteiger partial charge in [-0.2, -0.15) is 5.26 Å². The van der Waals surface area contributed by atoms with E-state index in [1.165, 1.54) is 11.3 Å². The lowest BCUT2D eigenvalue weighted by molar-refractivity contribution is 0.102. The van der Waals surface area contributed by atoms with E-state index in [9.17, 15) is 10.1 Å². The molecule has 0 radical (unpaired) electrons. The monoisotopic (exact) mass is 390 g/mol. The van der Waals surface area contributed by atoms with Gasteiger partial charge in [0.15, 0.2) is 11.5 Å². The lowest BCUT2D eigenvalue weighted by Crippen LogP contribution is -2.11. The maximum atomic E-state index is 12.6. The van der Waals surface area contributed by atoms with Crippen LogP contribution in [0.3, 0.4) is 0 Å². The number of hydrogen-bond acceptors (Lipinski definition) is 5. The summed E-state index contributed by atoms with van der Waals surface area (Å²) in [5.74, 6) is 1.27. The highest BCUT2D eigenvalue weighted by Gasteiger charge is 2.19. The van der Waals surface area contributed by atoms with Gasteiger partial charge in [-0.1, -0.05) is 23.8 Å². The maximum absolute atomic E-state index is 12.6. The van der Waals surface area contributed by atoms with Crippen LogP contribution in [0.5, 0.6) is 11.5 Å². The number of ether oxygens (including phenoxy) is 2. The summed E-state index contributed by atoms with van der Waals surface area (Å²) in [4.78, 5) is 13.6. The quantitative estimate of drug-likeness (QED) is 0.694. The van der Waals surface area contributed by atoms with Crippen molar-refractivity contribution in [3.63, 3.8) is 0 Å². The molecule has 2 aromatic carbocycles. The Labute approximate surface area is 167 Å². The molecule has 2 heterocycles. The predicted octanol–water partition coefficient (Wildman–Crippen LogP) is 4.81. The van der Waals surface area contributed by atoms with Crippen LogP contribution in [0.15, 0.2) is 42.5 Å². The smallest absolute Gasteiger partial charge is 0.256 e. The Morgan fingerprint density at radius 1 is 1.14 bits per heavy atom. The minimum Gasteiger partial charge on any atom is -0.454 e. The molecule has 140 valence electrons. The zero-order chi connectivity index (χ0) is 19.7. The molecule has 1 N–H and O–H groups in total. The Balaban J connectivity index is 1.58. The summed E-state index contributed by atoms with van der Waals surface area (Å²) in [6, 6.07) is 15.4. The van der Waals surface area contributed by atoms with Gasteiger partial charge < -0.3 is 14.8 Å². The molecule has 28 heavy (non-hydrogen) atoms. The van der Waals surface area contributed by atoms with Crippen LogP contribution in [0.1, 0.15) is 37.5 Å². The maximum Gasteiger partial charge on any atom is 0.256 e. The Kier molecular flexibility index (Phi) is 4.76. The first-order valence-electron chi connectivity index (χ1n) is 8.84. The van der Waals surface area contributed by atoms with Gasteiger partial charge in [0.25, 0.3) is 5.91 Å². The average Bonchev–Trinajstić information content (AvgIpc) is 3.26. The Morgan fingerprint density at radius 2 is 1.89 bits per heavy atom. The number of nitrogens with zero attached hydrogens (tertiary/aromatic N) is 1. The van der Waals surface area contributed by atoms with Gasteiger partial charge >= 0.3 is 0 Å². The van der Waals surface area contributed by atoms with E-state index in [-0.39, 0.29) is 12.7 Å². The van der Waals surface area contributed by atoms with E-state index in [0.717, 1.165) is 33.1 Å². The van der Waals surface area contributed by atoms with Gasteiger partial charge in [-0.05, 0) is 49.2 Å². The lowest BCUT2D eigenvalue weighted by atomic mass is 10.1. The molecule has 6 heteroatoms. The molecule has 0 atom stereocenters. The summed E-state index contributed by atoms with van der Waals surface area (Å²) in [7, 11) is 0. The third kappa shape index (κ3) is 3.45. The second-order valence-electron chi connectivity index (χ2n) is 6.65. The molecule has 1 aliphatic rings. The number of carbonyl (C=O) groups excluding carboxylic acids is 1. The second-order valence-corrected chi connectivity index (χ2v) is 7.76. The number of nitrogens with one attached hydrogen (secondary N) is 1. The van der Waals surface area contributed by atoms with Crippen molar-refractivity contribution in [1.82, 2.24) is 0 Å². The van der Waals surface area contributed by atoms with Crippen LogP contribution >= 0.6 is 11.3 Å². The van der Waals surface area contributed by atoms with Gasteiger partial charge in [-0.3, -0.25) is 4.79 Å². The molecule has 0 spiro atoms. The van der Waals surface area contributed by atoms with E-state index < -0.39 is 0 Å². The summed E-state index contributed by atoms with van der Waals surface area (Å²) < 4.78 is 10.8. The van der Waals surface area contributed by atoms with Crippen molar-refractivity contribution in [2.75, 3.05) is 12.1 Å². The van der Waals surface area contributed by atoms with Gasteiger partial charge in [0.1, 0.15) is 11.1 Å². The number of carbonyl (C=O) groups is 1. The number of anilines is 1. The van der Waals surface area contributed by atoms with E-state index in [4.69, 9.17) is 9.47 Å². The fourth-order valence-corrected chi connectivity index (χ4v) is 4.25. The van der Waals surface area contributed by atoms with Crippen LogP contribution < -0.4 is 14.8 Å². The highest BCUT2D eigenvalue weighted by Crippen LogP contribution is 2.37. The van der Waals surface area contributed by atoms with Crippen LogP contribution in [0.25, 0.3) is 0 Å². The molecule has 1 amide bonds. The Bertz CT molecular complexity index is 1090. The van der Waals surface area contributed by atoms with Gasteiger partial charge in [0.2, 0.25) is 6.79 Å². The molecular weight excluding hydrogens is 372 g/mol. The minimum absolute atomic E-state index is 0.215. The molecule has 5 nitrogen and oxygen atoms in total. The number of aryl methyl sites for hydroxylation is 1. The molecule has 0 bridgehead atoms. The van der Waals surface area contributed by atoms with E-state index >= 15 is 0 Å². The van der Waals surface area contributed by atoms with Gasteiger partial charge in [-0.15, -0.1) is 11.3 Å². The van der Waals surface area contributed by atoms with E-state index in [1.54, 1.807) is 12.1 Å². The molecule has 0 fully saturated rings. The molecule has 3 aromatic rings. The van der Waals surface area contributed by atoms with Crippen molar-refractivity contribution < 1.29 is 14.3 Å². The summed E-state index contributed by atoms with van der Waals surface area (Å²) in [6.45, 7) is 4.13. The molecule has 1 aliphatic heterocycles. The van der Waals surface area contributed by atoms with Gasteiger partial charge in [0, 0.05) is 16.9 Å². The van der Waals surface area contributed by atoms with Crippen molar-refractivity contribution in [1.29, 1.82) is 5.26 Å². The van der Waals surface area contributed by atoms with Crippen molar-refractivity contribution >= 4 is 22.2 Å². The van der Waals surface area contributed by atoms with Gasteiger partial charge in [-0.25, -0.2) is 0 Å². The Hall–Kier alpha value is -3.30. The molecule has 0 unspecified atom stereocenters. The second kappa shape index (κ2) is 7.37. The lowest BCUT2D eigenvalue weighted by Gasteiger charge is -2.04. The van der Waals surface area contributed by atoms with E-state index in [2.05, 4.69) is 11.4 Å². The van der Waals surface area contributed by atoms with E-state index in [1.807, 2.05) is 44.2 Å². The first-order valence-corrected chi connectivity index (χ1v) is 9.65. The number of fused-ring (bicyclic) bond motifs is 1. The van der Waals surface area contributed by atoms with Crippen LogP contribution in [0.4, 0.5) is 5.00 Å². The predicted molar refractivity (Wildman–Crippen MR) is 108 cm³/mol. The molecule has 1 aromatic heterocycles. The fourth-order valence-electron chi connectivity index (χ4n) is 3.07. The highest BCUT2D eigenvalue weighted by atomic mass is 32.1. The van der Waals surface area contributed by atoms with Crippen LogP contribution in [0, 0.1) is 25.2 Å². The van der Waals surface area contributed by atoms with Crippen molar-refractivity contribution in [3.8, 4) is 17.6 Å². The number of thiophene rings is 1. The van der Waals surface area contributed by atoms with Gasteiger partial charge in [0.05, 0.1) is 5.56 Å². The zero-order valence-corrected chi connectivity index (χ0v) is 16.4. The van der Waals surface area contributed by atoms with Crippen LogP contribution in [-0.2, 0) is 6.42 Å². The molecule has 0 aliphatic carbocycles. The molecule has 0 saturated heterocycles. The third-order valence-electron chi connectivity index (χ3n) is 4.70. The molecular formula is C22H18N2O3S. The first-order chi connectivity index (χ1) is 13.5. The average molecular weight is 390 g/mol. The van der Waals surface area contributed by atoms with Crippen LogP contribution in [0.2, 0.25) is 0 Å². The number of rotatable bonds is 4. The standard InChI is InChI=1S/C22H18N2O3S/c1-13-3-6-16(7-4-13)21(25)24-22-17(11-23)14(2)20(28-22)10-15-5-8-18-19(9-15)27-12-26-18/h3-9H,10,12H2,1-2H3,(H,24,25). The fraction of sp³-hybridized carbons (Fsp3) is 0.182. The minimum atomic E-state index is -0.215. The normalized spacial score (nSPS) is 11.9. The molecule has 4 rings (SSSR count). The summed E-state index contributed by atoms with van der Waals surface area (Å²) in [5.41, 5.74) is 4.13. The summed E-state index contributed by atoms with van der Waals surface area (Å²) >= 11 is 1.44. The highest BCUT2D eigenvalue weighted by molar-refractivity contribution is 7.16. The van der Waals surface area contributed by atoms with Crippen molar-refractivity contribution in [2.45, 2.75) is 20.3 Å². The molecule has 0 saturated carbocycles. The SMILES string of the molecule is Cc1ccc(C(=O)Nc2sc(Cc3ccc4c(c3)OCO4)c(C)c2C#N)cc1. The number of amides is 1. The zero-order valence-electron chi connectivity index (χ0n) is 15.5. The third-order valence-corrected chi connectivity index (χ3v) is 5.91. The number of hydrogen-bond donors (Lipinski definition) is 1. The van der Waals surface area contributed by atoms with Crippen molar-refractivity contribution in [3.05, 3.63) is 75.2 Å². The van der Waals surface area contributed by atoms with Crippen molar-refractivity contribution in [2.24, 2.45) is 0 Å². The summed E-state index contributed by atoms with van der Waals surface area (Å²) in [6.07, 6.45) is 0.655. The Morgan fingerprint density at radius 3 is 2.64 bits per heavy atom. The van der Waals surface area contributed by atoms with E-state index in [0.29, 0.717) is 22.5 Å². The topological polar surface area (TPSA) is 71.3 Å². The largest absolute Gasteiger partial charge is 0.454 e. The number of benzene rings is 2. The summed E-state index contributed by atoms with van der Waals surface area (Å²) in [5, 5.41) is 13.1. The van der Waals surface area contributed by atoms with Crippen LogP contribution in [-0.4, -0.2) is 12.7 Å². The number of nitriles is 1. The first kappa shape index (κ1) is 18.1.